The van der Waals surface area contributed by atoms with Crippen LogP contribution in [0.3, 0.4) is 0 Å². The zero-order valence-electron chi connectivity index (χ0n) is 16.5. The third-order valence-corrected chi connectivity index (χ3v) is 4.79. The highest BCUT2D eigenvalue weighted by Crippen LogP contribution is 2.21. The van der Waals surface area contributed by atoms with E-state index in [0.29, 0.717) is 5.56 Å². The number of hydrogen-bond acceptors (Lipinski definition) is 2. The summed E-state index contributed by atoms with van der Waals surface area (Å²) >= 11 is 0. The van der Waals surface area contributed by atoms with E-state index in [0.717, 1.165) is 17.2 Å². The van der Waals surface area contributed by atoms with Crippen molar-refractivity contribution >= 4 is 6.03 Å². The Morgan fingerprint density at radius 3 is 2.19 bits per heavy atom. The van der Waals surface area contributed by atoms with E-state index in [9.17, 15) is 13.6 Å². The highest BCUT2D eigenvalue weighted by atomic mass is 19.1. The molecule has 1 aromatic heterocycles. The van der Waals surface area contributed by atoms with Crippen molar-refractivity contribution in [3.05, 3.63) is 120 Å². The van der Waals surface area contributed by atoms with Crippen LogP contribution in [0.1, 0.15) is 22.7 Å². The van der Waals surface area contributed by atoms with Crippen LogP contribution >= 0.6 is 0 Å². The second kappa shape index (κ2) is 9.21. The summed E-state index contributed by atoms with van der Waals surface area (Å²) in [4.78, 5) is 12.6. The van der Waals surface area contributed by atoms with Gasteiger partial charge < -0.3 is 10.6 Å². The summed E-state index contributed by atoms with van der Waals surface area (Å²) in [5, 5.41) is 9.89. The van der Waals surface area contributed by atoms with Gasteiger partial charge in [0.2, 0.25) is 0 Å². The van der Waals surface area contributed by atoms with Crippen LogP contribution in [0.5, 0.6) is 0 Å². The average molecular weight is 418 g/mol. The molecule has 5 nitrogen and oxygen atoms in total. The molecule has 2 amide bonds. The normalized spacial score (nSPS) is 10.8. The minimum atomic E-state index is -0.714. The molecule has 0 bridgehead atoms. The maximum absolute atomic E-state index is 13.9. The Balaban J connectivity index is 1.43. The fraction of sp³-hybridized carbons (Fsp3) is 0.0833. The SMILES string of the molecule is O=C(NCc1cnn(-c2ccc(F)cc2F)c1)NC(c1ccccc1)c1ccccc1. The molecule has 4 rings (SSSR count). The smallest absolute Gasteiger partial charge is 0.315 e. The van der Waals surface area contributed by atoms with Crippen molar-refractivity contribution < 1.29 is 13.6 Å². The Labute approximate surface area is 178 Å². The third-order valence-electron chi connectivity index (χ3n) is 4.79. The van der Waals surface area contributed by atoms with Gasteiger partial charge in [0.25, 0.3) is 0 Å². The fourth-order valence-electron chi connectivity index (χ4n) is 3.26. The number of carbonyl (C=O) groups excluding carboxylic acids is 1. The first kappa shape index (κ1) is 20.3. The Morgan fingerprint density at radius 2 is 1.58 bits per heavy atom. The molecule has 0 atom stereocenters. The van der Waals surface area contributed by atoms with E-state index in [1.54, 1.807) is 6.20 Å². The van der Waals surface area contributed by atoms with Gasteiger partial charge in [0.1, 0.15) is 11.5 Å². The van der Waals surface area contributed by atoms with Crippen LogP contribution in [0.4, 0.5) is 13.6 Å². The van der Waals surface area contributed by atoms with E-state index in [-0.39, 0.29) is 24.3 Å². The molecule has 0 spiro atoms. The first-order valence-corrected chi connectivity index (χ1v) is 9.73. The van der Waals surface area contributed by atoms with E-state index in [1.165, 1.54) is 23.0 Å². The van der Waals surface area contributed by atoms with E-state index in [2.05, 4.69) is 15.7 Å². The first-order chi connectivity index (χ1) is 15.1. The number of aromatic nitrogens is 2. The lowest BCUT2D eigenvalue weighted by molar-refractivity contribution is 0.238. The Morgan fingerprint density at radius 1 is 0.935 bits per heavy atom. The summed E-state index contributed by atoms with van der Waals surface area (Å²) in [6.45, 7) is 0.199. The minimum absolute atomic E-state index is 0.130. The van der Waals surface area contributed by atoms with Crippen LogP contribution in [-0.2, 0) is 6.54 Å². The molecule has 0 aliphatic rings. The zero-order valence-corrected chi connectivity index (χ0v) is 16.5. The quantitative estimate of drug-likeness (QED) is 0.475. The number of urea groups is 1. The van der Waals surface area contributed by atoms with Gasteiger partial charge in [-0.15, -0.1) is 0 Å². The second-order valence-corrected chi connectivity index (χ2v) is 6.97. The molecule has 1 heterocycles. The molecule has 0 unspecified atom stereocenters. The molecule has 0 saturated carbocycles. The Kier molecular flexibility index (Phi) is 6.03. The number of benzene rings is 3. The van der Waals surface area contributed by atoms with Gasteiger partial charge in [-0.05, 0) is 23.3 Å². The van der Waals surface area contributed by atoms with Gasteiger partial charge in [-0.1, -0.05) is 60.7 Å². The molecule has 4 aromatic rings. The molecule has 0 radical (unpaired) electrons. The number of carbonyl (C=O) groups is 1. The van der Waals surface area contributed by atoms with Crippen LogP contribution in [0.25, 0.3) is 5.69 Å². The van der Waals surface area contributed by atoms with Gasteiger partial charge in [-0.2, -0.15) is 5.10 Å². The van der Waals surface area contributed by atoms with E-state index in [4.69, 9.17) is 0 Å². The summed E-state index contributed by atoms with van der Waals surface area (Å²) in [7, 11) is 0. The highest BCUT2D eigenvalue weighted by Gasteiger charge is 2.16. The minimum Gasteiger partial charge on any atom is -0.334 e. The fourth-order valence-corrected chi connectivity index (χ4v) is 3.26. The van der Waals surface area contributed by atoms with Crippen molar-refractivity contribution in [2.75, 3.05) is 0 Å². The molecular weight excluding hydrogens is 398 g/mol. The van der Waals surface area contributed by atoms with Gasteiger partial charge in [-0.3, -0.25) is 0 Å². The van der Waals surface area contributed by atoms with Gasteiger partial charge >= 0.3 is 6.03 Å². The maximum atomic E-state index is 13.9. The Bertz CT molecular complexity index is 1120. The van der Waals surface area contributed by atoms with E-state index >= 15 is 0 Å². The van der Waals surface area contributed by atoms with Gasteiger partial charge in [0.15, 0.2) is 5.82 Å². The summed E-state index contributed by atoms with van der Waals surface area (Å²) < 4.78 is 28.4. The van der Waals surface area contributed by atoms with Gasteiger partial charge in [0, 0.05) is 24.4 Å². The molecular formula is C24H20F2N4O. The summed E-state index contributed by atoms with van der Waals surface area (Å²) in [6.07, 6.45) is 3.11. The van der Waals surface area contributed by atoms with Crippen LogP contribution in [0, 0.1) is 11.6 Å². The van der Waals surface area contributed by atoms with Crippen molar-refractivity contribution in [2.24, 2.45) is 0 Å². The van der Waals surface area contributed by atoms with Crippen LogP contribution in [-0.4, -0.2) is 15.8 Å². The number of rotatable bonds is 6. The van der Waals surface area contributed by atoms with Crippen LogP contribution in [0.15, 0.2) is 91.3 Å². The van der Waals surface area contributed by atoms with E-state index in [1.807, 2.05) is 60.7 Å². The number of nitrogens with one attached hydrogen (secondary N) is 2. The number of halogens is 2. The largest absolute Gasteiger partial charge is 0.334 e. The van der Waals surface area contributed by atoms with Crippen molar-refractivity contribution in [1.29, 1.82) is 0 Å². The molecule has 0 saturated heterocycles. The topological polar surface area (TPSA) is 59.0 Å². The maximum Gasteiger partial charge on any atom is 0.315 e. The van der Waals surface area contributed by atoms with Crippen molar-refractivity contribution in [3.63, 3.8) is 0 Å². The lowest BCUT2D eigenvalue weighted by atomic mass is 9.99. The molecule has 156 valence electrons. The predicted molar refractivity (Wildman–Crippen MR) is 114 cm³/mol. The van der Waals surface area contributed by atoms with Gasteiger partial charge in [-0.25, -0.2) is 18.3 Å². The van der Waals surface area contributed by atoms with Crippen LogP contribution in [0.2, 0.25) is 0 Å². The molecule has 7 heteroatoms. The number of amides is 2. The molecule has 3 aromatic carbocycles. The summed E-state index contributed by atoms with van der Waals surface area (Å²) in [6, 6.07) is 22.0. The van der Waals surface area contributed by atoms with Crippen molar-refractivity contribution in [1.82, 2.24) is 20.4 Å². The zero-order chi connectivity index (χ0) is 21.6. The predicted octanol–water partition coefficient (Wildman–Crippen LogP) is 4.74. The lowest BCUT2D eigenvalue weighted by Gasteiger charge is -2.20. The lowest BCUT2D eigenvalue weighted by Crippen LogP contribution is -2.38. The highest BCUT2D eigenvalue weighted by molar-refractivity contribution is 5.75. The van der Waals surface area contributed by atoms with E-state index < -0.39 is 11.6 Å². The number of hydrogen-bond donors (Lipinski definition) is 2. The number of nitrogens with zero attached hydrogens (tertiary/aromatic N) is 2. The standard InChI is InChI=1S/C24H20F2N4O/c25-20-11-12-22(21(26)13-20)30-16-17(15-28-30)14-27-24(31)29-23(18-7-3-1-4-8-18)19-9-5-2-6-10-19/h1-13,15-16,23H,14H2,(H2,27,29,31). The first-order valence-electron chi connectivity index (χ1n) is 9.73. The molecule has 2 N–H and O–H groups in total. The summed E-state index contributed by atoms with van der Waals surface area (Å²) in [5.74, 6) is -1.37. The summed E-state index contributed by atoms with van der Waals surface area (Å²) in [5.41, 5.74) is 2.73. The second-order valence-electron chi connectivity index (χ2n) is 6.97. The molecule has 0 aliphatic heterocycles. The van der Waals surface area contributed by atoms with Gasteiger partial charge in [0.05, 0.1) is 12.2 Å². The monoisotopic (exact) mass is 418 g/mol. The molecule has 31 heavy (non-hydrogen) atoms. The average Bonchev–Trinajstić information content (AvgIpc) is 3.26. The Hall–Kier alpha value is -4.00. The van der Waals surface area contributed by atoms with Crippen molar-refractivity contribution in [3.8, 4) is 5.69 Å². The molecule has 0 aliphatic carbocycles. The van der Waals surface area contributed by atoms with Crippen LogP contribution < -0.4 is 10.6 Å². The molecule has 0 fully saturated rings. The third kappa shape index (κ3) is 4.95. The van der Waals surface area contributed by atoms with Crippen molar-refractivity contribution in [2.45, 2.75) is 12.6 Å².